The van der Waals surface area contributed by atoms with Crippen molar-refractivity contribution in [2.75, 3.05) is 6.54 Å². The van der Waals surface area contributed by atoms with Crippen LogP contribution in [0.4, 0.5) is 0 Å². The third-order valence-corrected chi connectivity index (χ3v) is 3.71. The van der Waals surface area contributed by atoms with Gasteiger partial charge in [-0.3, -0.25) is 0 Å². The van der Waals surface area contributed by atoms with Gasteiger partial charge in [0.05, 0.1) is 0 Å². The van der Waals surface area contributed by atoms with Crippen LogP contribution in [0.3, 0.4) is 0 Å². The molecule has 1 rings (SSSR count). The van der Waals surface area contributed by atoms with Crippen LogP contribution in [0, 0.1) is 17.3 Å². The minimum absolute atomic E-state index is 0.308. The molecule has 0 fully saturated rings. The SMILES string of the molecule is CC(C)Cn1cnnc1CCC(CCN)C(C)(C)C. The van der Waals surface area contributed by atoms with Crippen LogP contribution < -0.4 is 5.73 Å². The van der Waals surface area contributed by atoms with E-state index in [0.717, 1.165) is 38.2 Å². The molecule has 0 radical (unpaired) electrons. The van der Waals surface area contributed by atoms with Gasteiger partial charge in [-0.15, -0.1) is 10.2 Å². The lowest BCUT2D eigenvalue weighted by molar-refractivity contribution is 0.213. The summed E-state index contributed by atoms with van der Waals surface area (Å²) in [6, 6.07) is 0. The maximum Gasteiger partial charge on any atom is 0.132 e. The van der Waals surface area contributed by atoms with Gasteiger partial charge in [-0.2, -0.15) is 0 Å². The van der Waals surface area contributed by atoms with Crippen molar-refractivity contribution in [3.05, 3.63) is 12.2 Å². The van der Waals surface area contributed by atoms with Crippen molar-refractivity contribution in [1.82, 2.24) is 14.8 Å². The number of hydrogen-bond acceptors (Lipinski definition) is 3. The van der Waals surface area contributed by atoms with Gasteiger partial charge in [-0.1, -0.05) is 34.6 Å². The second kappa shape index (κ2) is 7.04. The van der Waals surface area contributed by atoms with Crippen molar-refractivity contribution < 1.29 is 0 Å². The molecule has 1 unspecified atom stereocenters. The first kappa shape index (κ1) is 16.2. The third-order valence-electron chi connectivity index (χ3n) is 3.71. The molecule has 110 valence electrons. The van der Waals surface area contributed by atoms with Crippen LogP contribution in [0.5, 0.6) is 0 Å². The first-order valence-corrected chi connectivity index (χ1v) is 7.41. The quantitative estimate of drug-likeness (QED) is 0.825. The Morgan fingerprint density at radius 1 is 1.26 bits per heavy atom. The van der Waals surface area contributed by atoms with E-state index in [1.54, 1.807) is 0 Å². The van der Waals surface area contributed by atoms with Crippen LogP contribution in [0.1, 0.15) is 53.3 Å². The van der Waals surface area contributed by atoms with Gasteiger partial charge in [0.2, 0.25) is 0 Å². The van der Waals surface area contributed by atoms with E-state index in [9.17, 15) is 0 Å². The molecule has 0 saturated carbocycles. The number of aromatic nitrogens is 3. The predicted octanol–water partition coefficient (Wildman–Crippen LogP) is 2.88. The van der Waals surface area contributed by atoms with Crippen molar-refractivity contribution in [2.24, 2.45) is 23.0 Å². The van der Waals surface area contributed by atoms with Crippen molar-refractivity contribution in [3.8, 4) is 0 Å². The Bertz CT molecular complexity index is 362. The summed E-state index contributed by atoms with van der Waals surface area (Å²) in [4.78, 5) is 0. The molecule has 0 aliphatic carbocycles. The molecule has 1 aromatic rings. The lowest BCUT2D eigenvalue weighted by Crippen LogP contribution is -2.24. The van der Waals surface area contributed by atoms with Gasteiger partial charge in [0.15, 0.2) is 0 Å². The van der Waals surface area contributed by atoms with Crippen molar-refractivity contribution in [1.29, 1.82) is 0 Å². The van der Waals surface area contributed by atoms with Gasteiger partial charge in [0, 0.05) is 13.0 Å². The van der Waals surface area contributed by atoms with E-state index in [-0.39, 0.29) is 0 Å². The molecule has 2 N–H and O–H groups in total. The van der Waals surface area contributed by atoms with Crippen LogP contribution in [0.25, 0.3) is 0 Å². The highest BCUT2D eigenvalue weighted by molar-refractivity contribution is 4.88. The van der Waals surface area contributed by atoms with E-state index in [0.29, 0.717) is 17.3 Å². The molecule has 4 nitrogen and oxygen atoms in total. The lowest BCUT2D eigenvalue weighted by Gasteiger charge is -2.30. The molecule has 1 aromatic heterocycles. The van der Waals surface area contributed by atoms with E-state index in [2.05, 4.69) is 49.4 Å². The smallest absolute Gasteiger partial charge is 0.132 e. The lowest BCUT2D eigenvalue weighted by atomic mass is 9.76. The van der Waals surface area contributed by atoms with E-state index >= 15 is 0 Å². The zero-order valence-corrected chi connectivity index (χ0v) is 13.2. The van der Waals surface area contributed by atoms with E-state index < -0.39 is 0 Å². The summed E-state index contributed by atoms with van der Waals surface area (Å²) in [5.74, 6) is 2.37. The Morgan fingerprint density at radius 2 is 1.95 bits per heavy atom. The van der Waals surface area contributed by atoms with Crippen LogP contribution in [0.2, 0.25) is 0 Å². The molecular formula is C15H30N4. The number of rotatable bonds is 7. The normalized spacial score (nSPS) is 14.1. The molecule has 0 aromatic carbocycles. The second-order valence-electron chi connectivity index (χ2n) is 6.97. The molecule has 0 aliphatic rings. The zero-order chi connectivity index (χ0) is 14.5. The number of nitrogens with zero attached hydrogens (tertiary/aromatic N) is 3. The average molecular weight is 266 g/mol. The van der Waals surface area contributed by atoms with Crippen molar-refractivity contribution in [3.63, 3.8) is 0 Å². The summed E-state index contributed by atoms with van der Waals surface area (Å²) in [6.45, 7) is 13.1. The molecule has 4 heteroatoms. The van der Waals surface area contributed by atoms with E-state index in [1.807, 2.05) is 6.33 Å². The van der Waals surface area contributed by atoms with Crippen molar-refractivity contribution in [2.45, 2.75) is 60.4 Å². The Kier molecular flexibility index (Phi) is 5.98. The van der Waals surface area contributed by atoms with Crippen LogP contribution in [0.15, 0.2) is 6.33 Å². The summed E-state index contributed by atoms with van der Waals surface area (Å²) in [6.07, 6.45) is 5.07. The molecule has 0 saturated heterocycles. The van der Waals surface area contributed by atoms with Gasteiger partial charge in [-0.25, -0.2) is 0 Å². The fourth-order valence-electron chi connectivity index (χ4n) is 2.53. The van der Waals surface area contributed by atoms with Crippen molar-refractivity contribution >= 4 is 0 Å². The highest BCUT2D eigenvalue weighted by atomic mass is 15.3. The second-order valence-corrected chi connectivity index (χ2v) is 6.97. The fraction of sp³-hybridized carbons (Fsp3) is 0.867. The van der Waals surface area contributed by atoms with Gasteiger partial charge in [-0.05, 0) is 36.6 Å². The number of aryl methyl sites for hydroxylation is 1. The zero-order valence-electron chi connectivity index (χ0n) is 13.2. The molecular weight excluding hydrogens is 236 g/mol. The molecule has 0 spiro atoms. The number of hydrogen-bond donors (Lipinski definition) is 1. The molecule has 0 aliphatic heterocycles. The van der Waals surface area contributed by atoms with Gasteiger partial charge in [0.1, 0.15) is 12.2 Å². The Labute approximate surface area is 117 Å². The van der Waals surface area contributed by atoms with E-state index in [4.69, 9.17) is 5.73 Å². The summed E-state index contributed by atoms with van der Waals surface area (Å²) < 4.78 is 2.19. The topological polar surface area (TPSA) is 56.7 Å². The monoisotopic (exact) mass is 266 g/mol. The highest BCUT2D eigenvalue weighted by Crippen LogP contribution is 2.32. The standard InChI is InChI=1S/C15H30N4/c1-12(2)10-19-11-17-18-14(19)7-6-13(8-9-16)15(3,4)5/h11-13H,6-10,16H2,1-5H3. The van der Waals surface area contributed by atoms with E-state index in [1.165, 1.54) is 0 Å². The Morgan fingerprint density at radius 3 is 2.47 bits per heavy atom. The van der Waals surface area contributed by atoms with Gasteiger partial charge < -0.3 is 10.3 Å². The van der Waals surface area contributed by atoms with Crippen LogP contribution in [-0.2, 0) is 13.0 Å². The first-order chi connectivity index (χ1) is 8.84. The Balaban J connectivity index is 2.62. The fourth-order valence-corrected chi connectivity index (χ4v) is 2.53. The highest BCUT2D eigenvalue weighted by Gasteiger charge is 2.24. The minimum Gasteiger partial charge on any atom is -0.330 e. The van der Waals surface area contributed by atoms with Gasteiger partial charge in [0.25, 0.3) is 0 Å². The largest absolute Gasteiger partial charge is 0.330 e. The third kappa shape index (κ3) is 5.31. The summed E-state index contributed by atoms with van der Waals surface area (Å²) in [7, 11) is 0. The minimum atomic E-state index is 0.308. The summed E-state index contributed by atoms with van der Waals surface area (Å²) in [5.41, 5.74) is 6.05. The van der Waals surface area contributed by atoms with Crippen LogP contribution in [-0.4, -0.2) is 21.3 Å². The molecule has 0 bridgehead atoms. The molecule has 0 amide bonds. The summed E-state index contributed by atoms with van der Waals surface area (Å²) >= 11 is 0. The number of nitrogens with two attached hydrogens (primary N) is 1. The van der Waals surface area contributed by atoms with Crippen LogP contribution >= 0.6 is 0 Å². The molecule has 19 heavy (non-hydrogen) atoms. The van der Waals surface area contributed by atoms with Gasteiger partial charge >= 0.3 is 0 Å². The first-order valence-electron chi connectivity index (χ1n) is 7.41. The summed E-state index contributed by atoms with van der Waals surface area (Å²) in [5, 5.41) is 8.31. The molecule has 1 heterocycles. The Hall–Kier alpha value is -0.900. The molecule has 1 atom stereocenters. The maximum atomic E-state index is 5.74. The average Bonchev–Trinajstić information content (AvgIpc) is 2.69. The predicted molar refractivity (Wildman–Crippen MR) is 79.8 cm³/mol. The maximum absolute atomic E-state index is 5.74.